The lowest BCUT2D eigenvalue weighted by Crippen LogP contribution is -2.59. The van der Waals surface area contributed by atoms with E-state index in [4.69, 9.17) is 16.3 Å². The molecule has 1 aromatic rings. The Morgan fingerprint density at radius 1 is 1.47 bits per heavy atom. The number of ether oxygens (including phenoxy) is 1. The first-order chi connectivity index (χ1) is 8.98. The highest BCUT2D eigenvalue weighted by Crippen LogP contribution is 2.17. The summed E-state index contributed by atoms with van der Waals surface area (Å²) < 4.78 is 5.59. The van der Waals surface area contributed by atoms with Gasteiger partial charge < -0.3 is 15.4 Å². The van der Waals surface area contributed by atoms with Gasteiger partial charge in [0.05, 0.1) is 11.6 Å². The Morgan fingerprint density at radius 3 is 2.63 bits per heavy atom. The van der Waals surface area contributed by atoms with Crippen LogP contribution in [0.3, 0.4) is 0 Å². The zero-order chi connectivity index (χ0) is 13.9. The third-order valence-electron chi connectivity index (χ3n) is 3.30. The fourth-order valence-electron chi connectivity index (χ4n) is 1.94. The van der Waals surface area contributed by atoms with Crippen molar-refractivity contribution >= 4 is 17.5 Å². The van der Waals surface area contributed by atoms with Crippen LogP contribution in [0, 0.1) is 0 Å². The summed E-state index contributed by atoms with van der Waals surface area (Å²) in [6, 6.07) is 7.39. The van der Waals surface area contributed by atoms with Crippen molar-refractivity contribution in [2.45, 2.75) is 25.5 Å². The zero-order valence-electron chi connectivity index (χ0n) is 11.2. The summed E-state index contributed by atoms with van der Waals surface area (Å²) in [7, 11) is 0. The summed E-state index contributed by atoms with van der Waals surface area (Å²) in [6.45, 7) is 5.63. The van der Waals surface area contributed by atoms with Gasteiger partial charge in [0.25, 0.3) is 0 Å². The second-order valence-corrected chi connectivity index (χ2v) is 5.62. The molecule has 19 heavy (non-hydrogen) atoms. The molecule has 104 valence electrons. The first kappa shape index (κ1) is 14.3. The smallest absolute Gasteiger partial charge is 0.246 e. The van der Waals surface area contributed by atoms with Gasteiger partial charge in [0.1, 0.15) is 6.61 Å². The molecule has 1 atom stereocenters. The highest BCUT2D eigenvalue weighted by molar-refractivity contribution is 6.30. The van der Waals surface area contributed by atoms with E-state index < -0.39 is 0 Å². The molecule has 0 radical (unpaired) electrons. The fraction of sp³-hybridized carbons (Fsp3) is 0.500. The summed E-state index contributed by atoms with van der Waals surface area (Å²) >= 11 is 5.83. The number of rotatable bonds is 5. The largest absolute Gasteiger partial charge is 0.363 e. The van der Waals surface area contributed by atoms with Gasteiger partial charge in [0, 0.05) is 18.1 Å². The molecule has 1 fully saturated rings. The van der Waals surface area contributed by atoms with Crippen molar-refractivity contribution in [1.29, 1.82) is 0 Å². The maximum absolute atomic E-state index is 11.8. The van der Waals surface area contributed by atoms with Crippen LogP contribution in [0.5, 0.6) is 0 Å². The first-order valence-corrected chi connectivity index (χ1v) is 6.76. The molecule has 4 nitrogen and oxygen atoms in total. The van der Waals surface area contributed by atoms with E-state index in [1.807, 2.05) is 38.1 Å². The van der Waals surface area contributed by atoms with Crippen LogP contribution in [0.1, 0.15) is 25.5 Å². The maximum atomic E-state index is 11.8. The summed E-state index contributed by atoms with van der Waals surface area (Å²) in [5, 5.41) is 6.73. The molecule has 0 spiro atoms. The molecule has 1 aromatic carbocycles. The fourth-order valence-corrected chi connectivity index (χ4v) is 2.06. The molecule has 0 bridgehead atoms. The lowest BCUT2D eigenvalue weighted by atomic mass is 10.0. The lowest BCUT2D eigenvalue weighted by molar-refractivity contribution is -0.136. The Bertz CT molecular complexity index is 443. The van der Waals surface area contributed by atoms with E-state index in [1.165, 1.54) is 0 Å². The van der Waals surface area contributed by atoms with Gasteiger partial charge in [0.2, 0.25) is 5.91 Å². The van der Waals surface area contributed by atoms with Crippen molar-refractivity contribution in [2.75, 3.05) is 19.7 Å². The SMILES string of the molecule is C[C@H](NC(=O)COC1(C)CNC1)c1ccc(Cl)cc1. The number of hydrogen-bond donors (Lipinski definition) is 2. The van der Waals surface area contributed by atoms with E-state index in [2.05, 4.69) is 10.6 Å². The molecule has 1 heterocycles. The number of carbonyl (C=O) groups is 1. The number of carbonyl (C=O) groups excluding carboxylic acids is 1. The normalized spacial score (nSPS) is 18.5. The van der Waals surface area contributed by atoms with E-state index in [0.29, 0.717) is 5.02 Å². The molecule has 2 rings (SSSR count). The molecule has 0 unspecified atom stereocenters. The average molecular weight is 283 g/mol. The molecule has 2 N–H and O–H groups in total. The van der Waals surface area contributed by atoms with Gasteiger partial charge >= 0.3 is 0 Å². The first-order valence-electron chi connectivity index (χ1n) is 6.38. The summed E-state index contributed by atoms with van der Waals surface area (Å²) in [5.41, 5.74) is 0.829. The van der Waals surface area contributed by atoms with Crippen LogP contribution < -0.4 is 10.6 Å². The predicted molar refractivity (Wildman–Crippen MR) is 75.2 cm³/mol. The van der Waals surface area contributed by atoms with E-state index >= 15 is 0 Å². The number of halogens is 1. The van der Waals surface area contributed by atoms with Gasteiger partial charge in [-0.3, -0.25) is 4.79 Å². The van der Waals surface area contributed by atoms with Crippen LogP contribution in [0.2, 0.25) is 5.02 Å². The minimum absolute atomic E-state index is 0.0549. The molecular formula is C14H19ClN2O2. The second kappa shape index (κ2) is 5.90. The molecular weight excluding hydrogens is 264 g/mol. The van der Waals surface area contributed by atoms with Crippen molar-refractivity contribution in [3.05, 3.63) is 34.9 Å². The summed E-state index contributed by atoms with van der Waals surface area (Å²) in [5.74, 6) is -0.101. The van der Waals surface area contributed by atoms with Crippen LogP contribution in [0.25, 0.3) is 0 Å². The zero-order valence-corrected chi connectivity index (χ0v) is 12.0. The monoisotopic (exact) mass is 282 g/mol. The predicted octanol–water partition coefficient (Wildman–Crippen LogP) is 1.90. The number of amides is 1. The van der Waals surface area contributed by atoms with Gasteiger partial charge in [-0.2, -0.15) is 0 Å². The molecule has 0 aliphatic carbocycles. The average Bonchev–Trinajstić information content (AvgIpc) is 2.35. The lowest BCUT2D eigenvalue weighted by Gasteiger charge is -2.38. The second-order valence-electron chi connectivity index (χ2n) is 5.18. The van der Waals surface area contributed by atoms with Crippen LogP contribution >= 0.6 is 11.6 Å². The summed E-state index contributed by atoms with van der Waals surface area (Å²) in [6.07, 6.45) is 0. The molecule has 1 aliphatic heterocycles. The van der Waals surface area contributed by atoms with Crippen LogP contribution in [-0.4, -0.2) is 31.2 Å². The van der Waals surface area contributed by atoms with Crippen LogP contribution in [0.4, 0.5) is 0 Å². The van der Waals surface area contributed by atoms with Gasteiger partial charge in [-0.1, -0.05) is 23.7 Å². The van der Waals surface area contributed by atoms with Crippen LogP contribution in [-0.2, 0) is 9.53 Å². The van der Waals surface area contributed by atoms with Gasteiger partial charge in [-0.25, -0.2) is 0 Å². The van der Waals surface area contributed by atoms with Gasteiger partial charge in [-0.15, -0.1) is 0 Å². The third-order valence-corrected chi connectivity index (χ3v) is 3.55. The molecule has 0 saturated carbocycles. The minimum atomic E-state index is -0.194. The van der Waals surface area contributed by atoms with E-state index in [9.17, 15) is 4.79 Å². The van der Waals surface area contributed by atoms with E-state index in [1.54, 1.807) is 0 Å². The van der Waals surface area contributed by atoms with E-state index in [0.717, 1.165) is 18.7 Å². The van der Waals surface area contributed by atoms with Crippen molar-refractivity contribution in [2.24, 2.45) is 0 Å². The quantitative estimate of drug-likeness (QED) is 0.867. The molecule has 1 aliphatic rings. The van der Waals surface area contributed by atoms with Gasteiger partial charge in [-0.05, 0) is 31.5 Å². The Labute approximate surface area is 118 Å². The molecule has 5 heteroatoms. The van der Waals surface area contributed by atoms with Crippen LogP contribution in [0.15, 0.2) is 24.3 Å². The Morgan fingerprint density at radius 2 is 2.11 bits per heavy atom. The van der Waals surface area contributed by atoms with Crippen molar-refractivity contribution < 1.29 is 9.53 Å². The van der Waals surface area contributed by atoms with Crippen molar-refractivity contribution in [3.8, 4) is 0 Å². The third kappa shape index (κ3) is 3.93. The Hall–Kier alpha value is -1.10. The van der Waals surface area contributed by atoms with Crippen molar-refractivity contribution in [1.82, 2.24) is 10.6 Å². The highest BCUT2D eigenvalue weighted by Gasteiger charge is 2.33. The Kier molecular flexibility index (Phi) is 4.45. The standard InChI is InChI=1S/C14H19ClN2O2/c1-10(11-3-5-12(15)6-4-11)17-13(18)7-19-14(2)8-16-9-14/h3-6,10,16H,7-9H2,1-2H3,(H,17,18)/t10-/m0/s1. The summed E-state index contributed by atoms with van der Waals surface area (Å²) in [4.78, 5) is 11.8. The number of hydrogen-bond acceptors (Lipinski definition) is 3. The Balaban J connectivity index is 1.79. The number of nitrogens with one attached hydrogen (secondary N) is 2. The van der Waals surface area contributed by atoms with E-state index in [-0.39, 0.29) is 24.2 Å². The minimum Gasteiger partial charge on any atom is -0.363 e. The maximum Gasteiger partial charge on any atom is 0.246 e. The molecule has 1 saturated heterocycles. The number of benzene rings is 1. The molecule has 1 amide bonds. The molecule has 0 aromatic heterocycles. The topological polar surface area (TPSA) is 50.4 Å². The highest BCUT2D eigenvalue weighted by atomic mass is 35.5. The van der Waals surface area contributed by atoms with Crippen molar-refractivity contribution in [3.63, 3.8) is 0 Å². The van der Waals surface area contributed by atoms with Gasteiger partial charge in [0.15, 0.2) is 0 Å².